The van der Waals surface area contributed by atoms with Crippen molar-refractivity contribution < 1.29 is 13.0 Å². The first-order valence-corrected chi connectivity index (χ1v) is 7.69. The summed E-state index contributed by atoms with van der Waals surface area (Å²) in [6, 6.07) is 5.61. The van der Waals surface area contributed by atoms with E-state index in [1.54, 1.807) is 11.0 Å². The number of ether oxygens (including phenoxy) is 1. The molecule has 2 aliphatic carbocycles. The smallest absolute Gasteiger partial charge is 0.119 e. The first-order chi connectivity index (χ1) is 12.1. The van der Waals surface area contributed by atoms with Crippen molar-refractivity contribution >= 4 is 0 Å². The van der Waals surface area contributed by atoms with Crippen LogP contribution in [0, 0.1) is 5.92 Å². The fraction of sp³-hybridized carbons (Fsp3) is 0.667. The molecule has 2 fully saturated rings. The molecule has 20 heavy (non-hydrogen) atoms. The lowest BCUT2D eigenvalue weighted by atomic mass is 9.52. The zero-order chi connectivity index (χ0) is 18.7. The van der Waals surface area contributed by atoms with E-state index < -0.39 is 14.0 Å². The van der Waals surface area contributed by atoms with Gasteiger partial charge in [-0.05, 0) is 68.4 Å². The minimum atomic E-state index is -2.46. The van der Waals surface area contributed by atoms with Crippen molar-refractivity contribution in [2.45, 2.75) is 50.0 Å². The molecular weight excluding hydrogens is 246 g/mol. The summed E-state index contributed by atoms with van der Waals surface area (Å²) in [5.41, 5.74) is 2.32. The van der Waals surface area contributed by atoms with Crippen LogP contribution < -0.4 is 4.74 Å². The highest BCUT2D eigenvalue weighted by Gasteiger charge is 2.53. The molecule has 0 aromatic heterocycles. The third kappa shape index (κ3) is 1.60. The first kappa shape index (κ1) is 7.84. The largest absolute Gasteiger partial charge is 0.497 e. The number of hydrogen-bond acceptors (Lipinski definition) is 2. The number of benzene rings is 1. The molecule has 0 amide bonds. The molecule has 1 aromatic carbocycles. The molecule has 4 rings (SSSR count). The van der Waals surface area contributed by atoms with E-state index in [9.17, 15) is 0 Å². The summed E-state index contributed by atoms with van der Waals surface area (Å²) in [7, 11) is -2.46. The third-order valence-corrected chi connectivity index (χ3v) is 5.93. The van der Waals surface area contributed by atoms with Crippen LogP contribution in [0.5, 0.6) is 5.75 Å². The van der Waals surface area contributed by atoms with Crippen molar-refractivity contribution in [2.75, 3.05) is 20.6 Å². The van der Waals surface area contributed by atoms with E-state index >= 15 is 0 Å². The molecule has 108 valence electrons. The van der Waals surface area contributed by atoms with E-state index in [1.807, 2.05) is 12.1 Å². The number of methoxy groups -OCH3 is 1. The van der Waals surface area contributed by atoms with Gasteiger partial charge in [-0.2, -0.15) is 0 Å². The number of likely N-dealkylation sites (tertiary alicyclic amines) is 1. The molecule has 1 aliphatic heterocycles. The maximum Gasteiger partial charge on any atom is 0.119 e. The first-order valence-electron chi connectivity index (χ1n) is 10.7. The maximum atomic E-state index is 7.95. The second-order valence-electron chi connectivity index (χ2n) is 6.64. The normalized spacial score (nSPS) is 41.8. The van der Waals surface area contributed by atoms with Crippen LogP contribution in [-0.4, -0.2) is 31.5 Å². The SMILES string of the molecule is [2H]C([2H])([2H])Oc1ccc2c(c1)[C@]13CCCC[C@@H]1C(C2)N(C([2H])([2H])[2H])CC3. The summed E-state index contributed by atoms with van der Waals surface area (Å²) in [4.78, 5) is 1.73. The minimum absolute atomic E-state index is 0.0354. The van der Waals surface area contributed by atoms with Gasteiger partial charge in [-0.1, -0.05) is 18.9 Å². The van der Waals surface area contributed by atoms with Crippen LogP contribution >= 0.6 is 0 Å². The molecule has 3 atom stereocenters. The summed E-state index contributed by atoms with van der Waals surface area (Å²) in [6.07, 6.45) is 5.90. The van der Waals surface area contributed by atoms with Gasteiger partial charge in [0.05, 0.1) is 11.2 Å². The number of likely N-dealkylation sites (N-methyl/N-ethyl adjacent to an activating group) is 1. The second-order valence-corrected chi connectivity index (χ2v) is 6.64. The van der Waals surface area contributed by atoms with Crippen molar-refractivity contribution in [1.82, 2.24) is 4.90 Å². The van der Waals surface area contributed by atoms with E-state index in [-0.39, 0.29) is 11.5 Å². The summed E-state index contributed by atoms with van der Waals surface area (Å²) in [6.45, 7) is -1.49. The lowest BCUT2D eigenvalue weighted by molar-refractivity contribution is 0.00274. The Hall–Kier alpha value is -1.02. The fourth-order valence-electron chi connectivity index (χ4n) is 5.05. The molecule has 2 heteroatoms. The van der Waals surface area contributed by atoms with Crippen LogP contribution in [0.15, 0.2) is 18.2 Å². The van der Waals surface area contributed by atoms with Crippen molar-refractivity contribution in [3.05, 3.63) is 29.3 Å². The molecule has 1 saturated carbocycles. The van der Waals surface area contributed by atoms with Gasteiger partial charge < -0.3 is 9.64 Å². The van der Waals surface area contributed by atoms with Gasteiger partial charge in [0.15, 0.2) is 0 Å². The van der Waals surface area contributed by atoms with Gasteiger partial charge in [-0.15, -0.1) is 0 Å². The summed E-state index contributed by atoms with van der Waals surface area (Å²) in [5.74, 6) is 0.708. The molecule has 1 heterocycles. The van der Waals surface area contributed by atoms with Crippen LogP contribution in [0.2, 0.25) is 0 Å². The number of rotatable bonds is 1. The van der Waals surface area contributed by atoms with Crippen LogP contribution in [0.4, 0.5) is 0 Å². The molecule has 0 spiro atoms. The standard InChI is InChI=1S/C18H25NO/c1-19-10-9-18-8-4-3-5-15(18)17(19)11-13-6-7-14(20-2)12-16(13)18/h6-7,12,15,17H,3-5,8-11H2,1-2H3/t15-,17?,18+/m1/s1/i1D3,2D3. The monoisotopic (exact) mass is 277 g/mol. The number of nitrogens with zero attached hydrogens (tertiary/aromatic N) is 1. The number of hydrogen-bond donors (Lipinski definition) is 0. The number of fused-ring (bicyclic) bond motifs is 1. The van der Waals surface area contributed by atoms with Gasteiger partial charge in [0.2, 0.25) is 0 Å². The molecule has 1 saturated heterocycles. The summed E-state index contributed by atoms with van der Waals surface area (Å²) in [5, 5.41) is 0. The predicted molar refractivity (Wildman–Crippen MR) is 81.4 cm³/mol. The minimum Gasteiger partial charge on any atom is -0.497 e. The molecule has 2 nitrogen and oxygen atoms in total. The van der Waals surface area contributed by atoms with Crippen LogP contribution in [0.25, 0.3) is 0 Å². The Morgan fingerprint density at radius 2 is 2.35 bits per heavy atom. The van der Waals surface area contributed by atoms with Crippen molar-refractivity contribution in [3.8, 4) is 5.75 Å². The molecule has 0 radical (unpaired) electrons. The van der Waals surface area contributed by atoms with Crippen molar-refractivity contribution in [1.29, 1.82) is 0 Å². The zero-order valence-electron chi connectivity index (χ0n) is 17.7. The Bertz CT molecular complexity index is 700. The van der Waals surface area contributed by atoms with E-state index in [0.29, 0.717) is 24.6 Å². The van der Waals surface area contributed by atoms with E-state index in [1.165, 1.54) is 5.56 Å². The van der Waals surface area contributed by atoms with Gasteiger partial charge in [-0.25, -0.2) is 0 Å². The molecule has 0 N–H and O–H groups in total. The number of piperidine rings is 1. The second kappa shape index (κ2) is 4.49. The Morgan fingerprint density at radius 3 is 3.25 bits per heavy atom. The Morgan fingerprint density at radius 1 is 1.35 bits per heavy atom. The van der Waals surface area contributed by atoms with Gasteiger partial charge in [-0.3, -0.25) is 0 Å². The molecule has 1 aromatic rings. The highest BCUT2D eigenvalue weighted by Crippen LogP contribution is 2.55. The average molecular weight is 277 g/mol. The van der Waals surface area contributed by atoms with Crippen LogP contribution in [-0.2, 0) is 11.8 Å². The van der Waals surface area contributed by atoms with Crippen molar-refractivity contribution in [2.24, 2.45) is 5.92 Å². The topological polar surface area (TPSA) is 12.5 Å². The summed E-state index contributed by atoms with van der Waals surface area (Å²) >= 11 is 0. The Kier molecular flexibility index (Phi) is 1.76. The average Bonchev–Trinajstić information content (AvgIpc) is 2.53. The molecule has 1 unspecified atom stereocenters. The van der Waals surface area contributed by atoms with E-state index in [4.69, 9.17) is 13.0 Å². The van der Waals surface area contributed by atoms with Gasteiger partial charge in [0.25, 0.3) is 0 Å². The van der Waals surface area contributed by atoms with Crippen molar-refractivity contribution in [3.63, 3.8) is 0 Å². The zero-order valence-corrected chi connectivity index (χ0v) is 11.7. The van der Waals surface area contributed by atoms with Gasteiger partial charge >= 0.3 is 0 Å². The molecule has 3 aliphatic rings. The van der Waals surface area contributed by atoms with Gasteiger partial charge in [0, 0.05) is 15.6 Å². The lowest BCUT2D eigenvalue weighted by Gasteiger charge is -2.58. The highest BCUT2D eigenvalue weighted by molar-refractivity contribution is 5.45. The fourth-order valence-corrected chi connectivity index (χ4v) is 5.05. The quantitative estimate of drug-likeness (QED) is 0.780. The van der Waals surface area contributed by atoms with Crippen LogP contribution in [0.3, 0.4) is 0 Å². The predicted octanol–water partition coefficient (Wildman–Crippen LogP) is 3.38. The Balaban J connectivity index is 1.78. The highest BCUT2D eigenvalue weighted by atomic mass is 16.5. The third-order valence-electron chi connectivity index (χ3n) is 5.93. The van der Waals surface area contributed by atoms with E-state index in [0.717, 1.165) is 37.7 Å². The van der Waals surface area contributed by atoms with Crippen LogP contribution in [0.1, 0.15) is 51.5 Å². The molecular formula is C18H25NO. The lowest BCUT2D eigenvalue weighted by Crippen LogP contribution is -2.59. The van der Waals surface area contributed by atoms with Gasteiger partial charge in [0.1, 0.15) is 5.75 Å². The maximum absolute atomic E-state index is 7.95. The van der Waals surface area contributed by atoms with E-state index in [2.05, 4.69) is 0 Å². The molecule has 2 bridgehead atoms. The summed E-state index contributed by atoms with van der Waals surface area (Å²) < 4.78 is 51.1. The Labute approximate surface area is 130 Å².